The van der Waals surface area contributed by atoms with Crippen LogP contribution in [0.4, 0.5) is 0 Å². The molecule has 0 aromatic heterocycles. The van der Waals surface area contributed by atoms with Crippen LogP contribution in [-0.4, -0.2) is 5.78 Å². The lowest BCUT2D eigenvalue weighted by atomic mass is 9.85. The highest BCUT2D eigenvalue weighted by Gasteiger charge is 2.50. The van der Waals surface area contributed by atoms with Gasteiger partial charge in [-0.05, 0) is 25.7 Å². The van der Waals surface area contributed by atoms with Gasteiger partial charge in [-0.2, -0.15) is 0 Å². The molecule has 1 atom stereocenters. The maximum Gasteiger partial charge on any atom is 0.136 e. The first-order valence-corrected chi connectivity index (χ1v) is 4.14. The van der Waals surface area contributed by atoms with Gasteiger partial charge in [0.15, 0.2) is 0 Å². The van der Waals surface area contributed by atoms with E-state index in [1.165, 1.54) is 0 Å². The molecule has 0 spiro atoms. The van der Waals surface area contributed by atoms with Crippen molar-refractivity contribution in [2.24, 2.45) is 11.3 Å². The zero-order valence-electron chi connectivity index (χ0n) is 7.11. The number of hydrogen-bond donors (Lipinski definition) is 0. The van der Waals surface area contributed by atoms with Crippen molar-refractivity contribution in [1.29, 1.82) is 0 Å². The molecule has 0 aliphatic heterocycles. The minimum atomic E-state index is 0.120. The first-order valence-electron chi connectivity index (χ1n) is 4.14. The maximum atomic E-state index is 11.1. The van der Waals surface area contributed by atoms with Crippen LogP contribution in [0.5, 0.6) is 0 Å². The van der Waals surface area contributed by atoms with Crippen molar-refractivity contribution in [1.82, 2.24) is 0 Å². The van der Waals surface area contributed by atoms with Crippen LogP contribution in [-0.2, 0) is 4.79 Å². The maximum absolute atomic E-state index is 11.1. The van der Waals surface area contributed by atoms with E-state index in [9.17, 15) is 4.79 Å². The lowest BCUT2D eigenvalue weighted by Gasteiger charge is -2.17. The molecule has 0 N–H and O–H groups in total. The molecule has 1 unspecified atom stereocenters. The van der Waals surface area contributed by atoms with E-state index >= 15 is 0 Å². The fraction of sp³-hybridized carbons (Fsp3) is 0.889. The molecular formula is C9H16O. The van der Waals surface area contributed by atoms with E-state index in [0.717, 1.165) is 19.3 Å². The van der Waals surface area contributed by atoms with Crippen LogP contribution in [0.2, 0.25) is 0 Å². The smallest absolute Gasteiger partial charge is 0.136 e. The Morgan fingerprint density at radius 1 is 1.60 bits per heavy atom. The van der Waals surface area contributed by atoms with Crippen LogP contribution in [0, 0.1) is 11.3 Å². The molecule has 0 radical (unpaired) electrons. The van der Waals surface area contributed by atoms with Crippen LogP contribution in [0.15, 0.2) is 0 Å². The monoisotopic (exact) mass is 140 g/mol. The molecule has 1 rings (SSSR count). The van der Waals surface area contributed by atoms with Crippen molar-refractivity contribution >= 4 is 5.78 Å². The third-order valence-electron chi connectivity index (χ3n) is 3.05. The van der Waals surface area contributed by atoms with Gasteiger partial charge in [-0.1, -0.05) is 20.3 Å². The second-order valence-corrected chi connectivity index (χ2v) is 3.52. The van der Waals surface area contributed by atoms with Crippen LogP contribution in [0.25, 0.3) is 0 Å². The molecule has 0 bridgehead atoms. The fourth-order valence-electron chi connectivity index (χ4n) is 1.72. The summed E-state index contributed by atoms with van der Waals surface area (Å²) in [6.07, 6.45) is 3.41. The summed E-state index contributed by atoms with van der Waals surface area (Å²) in [4.78, 5) is 11.1. The molecule has 1 aliphatic rings. The first kappa shape index (κ1) is 7.77. The van der Waals surface area contributed by atoms with E-state index in [-0.39, 0.29) is 5.41 Å². The topological polar surface area (TPSA) is 17.1 Å². The number of rotatable bonds is 3. The molecule has 1 aliphatic carbocycles. The van der Waals surface area contributed by atoms with Crippen molar-refractivity contribution < 1.29 is 4.79 Å². The van der Waals surface area contributed by atoms with E-state index in [1.54, 1.807) is 6.92 Å². The van der Waals surface area contributed by atoms with Gasteiger partial charge in [0.1, 0.15) is 5.78 Å². The van der Waals surface area contributed by atoms with Crippen LogP contribution in [0.3, 0.4) is 0 Å². The van der Waals surface area contributed by atoms with Crippen LogP contribution in [0.1, 0.15) is 40.0 Å². The van der Waals surface area contributed by atoms with E-state index in [1.807, 2.05) is 0 Å². The molecule has 0 heterocycles. The molecule has 0 amide bonds. The standard InChI is InChI=1S/C9H16O/c1-4-7(2)9(5-6-9)8(3)10/h7H,4-6H2,1-3H3. The van der Waals surface area contributed by atoms with Crippen molar-refractivity contribution in [2.45, 2.75) is 40.0 Å². The average Bonchev–Trinajstić information content (AvgIpc) is 2.65. The highest BCUT2D eigenvalue weighted by atomic mass is 16.1. The number of Topliss-reactive ketones (excluding diaryl/α,β-unsaturated/α-hetero) is 1. The van der Waals surface area contributed by atoms with Gasteiger partial charge in [-0.25, -0.2) is 0 Å². The van der Waals surface area contributed by atoms with Crippen LogP contribution < -0.4 is 0 Å². The Morgan fingerprint density at radius 3 is 2.20 bits per heavy atom. The predicted octanol–water partition coefficient (Wildman–Crippen LogP) is 2.40. The molecule has 1 saturated carbocycles. The van der Waals surface area contributed by atoms with E-state index in [4.69, 9.17) is 0 Å². The SMILES string of the molecule is CCC(C)C1(C(C)=O)CC1. The molecule has 0 aromatic rings. The molecule has 1 nitrogen and oxygen atoms in total. The van der Waals surface area contributed by atoms with Crippen molar-refractivity contribution in [3.05, 3.63) is 0 Å². The minimum absolute atomic E-state index is 0.120. The van der Waals surface area contributed by atoms with Gasteiger partial charge in [0.05, 0.1) is 0 Å². The number of ketones is 1. The summed E-state index contributed by atoms with van der Waals surface area (Å²) < 4.78 is 0. The first-order chi connectivity index (χ1) is 4.63. The number of carbonyl (C=O) groups excluding carboxylic acids is 1. The zero-order chi connectivity index (χ0) is 7.78. The van der Waals surface area contributed by atoms with E-state index in [0.29, 0.717) is 11.7 Å². The quantitative estimate of drug-likeness (QED) is 0.588. The summed E-state index contributed by atoms with van der Waals surface area (Å²) in [5, 5.41) is 0. The fourth-order valence-corrected chi connectivity index (χ4v) is 1.72. The summed E-state index contributed by atoms with van der Waals surface area (Å²) in [6.45, 7) is 6.08. The number of hydrogen-bond acceptors (Lipinski definition) is 1. The van der Waals surface area contributed by atoms with Crippen molar-refractivity contribution in [2.75, 3.05) is 0 Å². The van der Waals surface area contributed by atoms with Crippen molar-refractivity contribution in [3.8, 4) is 0 Å². The Morgan fingerprint density at radius 2 is 2.10 bits per heavy atom. The van der Waals surface area contributed by atoms with Crippen LogP contribution >= 0.6 is 0 Å². The van der Waals surface area contributed by atoms with Gasteiger partial charge in [-0.15, -0.1) is 0 Å². The Hall–Kier alpha value is -0.330. The Bertz CT molecular complexity index is 145. The van der Waals surface area contributed by atoms with Gasteiger partial charge in [0, 0.05) is 5.41 Å². The van der Waals surface area contributed by atoms with E-state index in [2.05, 4.69) is 13.8 Å². The molecule has 10 heavy (non-hydrogen) atoms. The Balaban J connectivity index is 2.60. The predicted molar refractivity (Wildman–Crippen MR) is 41.8 cm³/mol. The summed E-state index contributed by atoms with van der Waals surface area (Å²) in [7, 11) is 0. The Kier molecular flexibility index (Phi) is 1.84. The van der Waals surface area contributed by atoms with Gasteiger partial charge in [-0.3, -0.25) is 4.79 Å². The zero-order valence-corrected chi connectivity index (χ0v) is 7.11. The number of carbonyl (C=O) groups is 1. The molecule has 58 valence electrons. The normalized spacial score (nSPS) is 23.9. The highest BCUT2D eigenvalue weighted by Crippen LogP contribution is 2.53. The largest absolute Gasteiger partial charge is 0.299 e. The molecule has 0 saturated heterocycles. The summed E-state index contributed by atoms with van der Waals surface area (Å²) >= 11 is 0. The molecule has 1 heteroatoms. The lowest BCUT2D eigenvalue weighted by molar-refractivity contribution is -0.123. The average molecular weight is 140 g/mol. The van der Waals surface area contributed by atoms with Gasteiger partial charge >= 0.3 is 0 Å². The Labute approximate surface area is 62.8 Å². The van der Waals surface area contributed by atoms with Crippen molar-refractivity contribution in [3.63, 3.8) is 0 Å². The molecular weight excluding hydrogens is 124 g/mol. The third-order valence-corrected chi connectivity index (χ3v) is 3.05. The lowest BCUT2D eigenvalue weighted by Crippen LogP contribution is -2.20. The van der Waals surface area contributed by atoms with Gasteiger partial charge in [0.2, 0.25) is 0 Å². The minimum Gasteiger partial charge on any atom is -0.299 e. The van der Waals surface area contributed by atoms with Gasteiger partial charge in [0.25, 0.3) is 0 Å². The van der Waals surface area contributed by atoms with Gasteiger partial charge < -0.3 is 0 Å². The summed E-state index contributed by atoms with van der Waals surface area (Å²) in [6, 6.07) is 0. The van der Waals surface area contributed by atoms with E-state index < -0.39 is 0 Å². The summed E-state index contributed by atoms with van der Waals surface area (Å²) in [5.41, 5.74) is 0.120. The summed E-state index contributed by atoms with van der Waals surface area (Å²) in [5.74, 6) is 1.01. The molecule has 0 aromatic carbocycles. The second-order valence-electron chi connectivity index (χ2n) is 3.52. The molecule has 1 fully saturated rings. The highest BCUT2D eigenvalue weighted by molar-refractivity contribution is 5.85. The second kappa shape index (κ2) is 2.37. The third kappa shape index (κ3) is 0.979.